The molecule has 5 heteroatoms. The first-order valence-electron chi connectivity index (χ1n) is 7.83. The number of ether oxygens (including phenoxy) is 2. The molecular weight excluding hydrogens is 254 g/mol. The van der Waals surface area contributed by atoms with E-state index < -0.39 is 0 Å². The summed E-state index contributed by atoms with van der Waals surface area (Å²) in [7, 11) is 0. The van der Waals surface area contributed by atoms with Gasteiger partial charge in [0.05, 0.1) is 25.4 Å². The van der Waals surface area contributed by atoms with Gasteiger partial charge in [-0.2, -0.15) is 0 Å². The van der Waals surface area contributed by atoms with Gasteiger partial charge >= 0.3 is 0 Å². The number of guanidine groups is 1. The number of nitrogens with two attached hydrogens (primary N) is 1. The molecule has 0 amide bonds. The zero-order valence-electron chi connectivity index (χ0n) is 13.1. The van der Waals surface area contributed by atoms with E-state index in [0.717, 1.165) is 45.8 Å². The number of rotatable bonds is 5. The Kier molecular flexibility index (Phi) is 5.27. The fraction of sp³-hybridized carbons (Fsp3) is 0.933. The van der Waals surface area contributed by atoms with Crippen LogP contribution in [0.2, 0.25) is 0 Å². The molecule has 1 saturated heterocycles. The average Bonchev–Trinajstić information content (AvgIpc) is 2.46. The van der Waals surface area contributed by atoms with Gasteiger partial charge < -0.3 is 20.1 Å². The molecule has 1 heterocycles. The predicted molar refractivity (Wildman–Crippen MR) is 80.8 cm³/mol. The molecule has 116 valence electrons. The van der Waals surface area contributed by atoms with Crippen LogP contribution >= 0.6 is 0 Å². The third kappa shape index (κ3) is 3.44. The first kappa shape index (κ1) is 15.6. The minimum atomic E-state index is 0.0879. The molecular formula is C15H29N3O2. The lowest BCUT2D eigenvalue weighted by Crippen LogP contribution is -2.55. The summed E-state index contributed by atoms with van der Waals surface area (Å²) in [6.07, 6.45) is 3.62. The second-order valence-electron chi connectivity index (χ2n) is 6.37. The number of nitrogens with zero attached hydrogens (tertiary/aromatic N) is 2. The van der Waals surface area contributed by atoms with Gasteiger partial charge in [-0.3, -0.25) is 0 Å². The van der Waals surface area contributed by atoms with Crippen LogP contribution in [0.15, 0.2) is 4.99 Å². The molecule has 0 spiro atoms. The molecule has 1 aliphatic heterocycles. The van der Waals surface area contributed by atoms with Crippen LogP contribution in [-0.2, 0) is 9.47 Å². The van der Waals surface area contributed by atoms with Crippen molar-refractivity contribution in [2.75, 3.05) is 32.9 Å². The fourth-order valence-electron chi connectivity index (χ4n) is 2.77. The van der Waals surface area contributed by atoms with Crippen molar-refractivity contribution in [1.82, 2.24) is 4.90 Å². The number of unbranched alkanes of at least 4 members (excludes halogenated alkanes) is 1. The maximum absolute atomic E-state index is 6.13. The largest absolute Gasteiger partial charge is 0.378 e. The summed E-state index contributed by atoms with van der Waals surface area (Å²) in [5.74, 6) is 0.665. The highest BCUT2D eigenvalue weighted by atomic mass is 16.5. The minimum absolute atomic E-state index is 0.0879. The summed E-state index contributed by atoms with van der Waals surface area (Å²) in [4.78, 5) is 6.84. The van der Waals surface area contributed by atoms with Crippen LogP contribution < -0.4 is 5.73 Å². The van der Waals surface area contributed by atoms with Crippen LogP contribution in [-0.4, -0.2) is 55.9 Å². The topological polar surface area (TPSA) is 60.1 Å². The first-order chi connectivity index (χ1) is 9.55. The molecule has 1 saturated carbocycles. The zero-order chi connectivity index (χ0) is 14.6. The van der Waals surface area contributed by atoms with E-state index >= 15 is 0 Å². The Morgan fingerprint density at radius 3 is 2.70 bits per heavy atom. The number of morpholine rings is 1. The van der Waals surface area contributed by atoms with E-state index in [1.165, 1.54) is 6.42 Å². The second-order valence-corrected chi connectivity index (χ2v) is 6.37. The quantitative estimate of drug-likeness (QED) is 0.473. The van der Waals surface area contributed by atoms with Gasteiger partial charge in [-0.15, -0.1) is 0 Å². The van der Waals surface area contributed by atoms with Crippen molar-refractivity contribution in [2.45, 2.75) is 52.2 Å². The third-order valence-electron chi connectivity index (χ3n) is 4.57. The van der Waals surface area contributed by atoms with Gasteiger partial charge in [0.2, 0.25) is 0 Å². The summed E-state index contributed by atoms with van der Waals surface area (Å²) in [6, 6.07) is 0.275. The zero-order valence-corrected chi connectivity index (χ0v) is 13.1. The van der Waals surface area contributed by atoms with Crippen molar-refractivity contribution in [3.8, 4) is 0 Å². The highest BCUT2D eigenvalue weighted by molar-refractivity contribution is 5.78. The summed E-state index contributed by atoms with van der Waals surface area (Å²) >= 11 is 0. The highest BCUT2D eigenvalue weighted by Gasteiger charge is 2.49. The monoisotopic (exact) mass is 283 g/mol. The van der Waals surface area contributed by atoms with Crippen LogP contribution in [0, 0.1) is 5.41 Å². The number of aliphatic imine (C=N–C) groups is 1. The minimum Gasteiger partial charge on any atom is -0.378 e. The summed E-state index contributed by atoms with van der Waals surface area (Å²) in [5, 5.41) is 0. The lowest BCUT2D eigenvalue weighted by atomic mass is 9.65. The van der Waals surface area contributed by atoms with Crippen molar-refractivity contribution in [3.63, 3.8) is 0 Å². The lowest BCUT2D eigenvalue weighted by Gasteiger charge is -2.49. The highest BCUT2D eigenvalue weighted by Crippen LogP contribution is 2.45. The molecule has 0 radical (unpaired) electrons. The molecule has 20 heavy (non-hydrogen) atoms. The van der Waals surface area contributed by atoms with Crippen LogP contribution in [0.3, 0.4) is 0 Å². The average molecular weight is 283 g/mol. The van der Waals surface area contributed by atoms with Crippen LogP contribution in [0.4, 0.5) is 0 Å². The van der Waals surface area contributed by atoms with E-state index in [9.17, 15) is 0 Å². The van der Waals surface area contributed by atoms with E-state index in [-0.39, 0.29) is 11.5 Å². The Labute approximate surface area is 122 Å². The van der Waals surface area contributed by atoms with Gasteiger partial charge in [0.1, 0.15) is 0 Å². The Bertz CT molecular complexity index is 338. The second kappa shape index (κ2) is 6.76. The van der Waals surface area contributed by atoms with Crippen molar-refractivity contribution >= 4 is 5.96 Å². The summed E-state index contributed by atoms with van der Waals surface area (Å²) < 4.78 is 11.3. The molecule has 2 rings (SSSR count). The van der Waals surface area contributed by atoms with Crippen molar-refractivity contribution < 1.29 is 9.47 Å². The third-order valence-corrected chi connectivity index (χ3v) is 4.57. The van der Waals surface area contributed by atoms with Crippen LogP contribution in [0.5, 0.6) is 0 Å². The van der Waals surface area contributed by atoms with E-state index in [4.69, 9.17) is 20.2 Å². The van der Waals surface area contributed by atoms with E-state index in [1.807, 2.05) is 0 Å². The van der Waals surface area contributed by atoms with E-state index in [2.05, 4.69) is 25.7 Å². The SMILES string of the molecule is CCCCOC1CC(N=C(N)N2CCOCC2)C1(C)C. The maximum atomic E-state index is 6.13. The van der Waals surface area contributed by atoms with Gasteiger partial charge in [-0.05, 0) is 12.8 Å². The molecule has 2 aliphatic rings. The van der Waals surface area contributed by atoms with Gasteiger partial charge in [-0.25, -0.2) is 4.99 Å². The Hall–Kier alpha value is -0.810. The van der Waals surface area contributed by atoms with E-state index in [1.54, 1.807) is 0 Å². The van der Waals surface area contributed by atoms with Crippen LogP contribution in [0.25, 0.3) is 0 Å². The van der Waals surface area contributed by atoms with Gasteiger partial charge in [0.25, 0.3) is 0 Å². The first-order valence-corrected chi connectivity index (χ1v) is 7.83. The van der Waals surface area contributed by atoms with Gasteiger partial charge in [-0.1, -0.05) is 27.2 Å². The molecule has 0 aromatic heterocycles. The van der Waals surface area contributed by atoms with Crippen molar-refractivity contribution in [3.05, 3.63) is 0 Å². The maximum Gasteiger partial charge on any atom is 0.191 e. The molecule has 1 aliphatic carbocycles. The molecule has 0 bridgehead atoms. The Morgan fingerprint density at radius 2 is 2.10 bits per heavy atom. The van der Waals surface area contributed by atoms with Gasteiger partial charge in [0, 0.05) is 25.1 Å². The molecule has 2 unspecified atom stereocenters. The normalized spacial score (nSPS) is 30.1. The molecule has 0 aromatic carbocycles. The molecule has 0 aromatic rings. The molecule has 5 nitrogen and oxygen atoms in total. The Morgan fingerprint density at radius 1 is 1.40 bits per heavy atom. The van der Waals surface area contributed by atoms with Gasteiger partial charge in [0.15, 0.2) is 5.96 Å². The summed E-state index contributed by atoms with van der Waals surface area (Å²) in [6.45, 7) is 10.7. The standard InChI is InChI=1S/C15H29N3O2/c1-4-5-8-20-13-11-12(15(13,2)3)17-14(16)18-6-9-19-10-7-18/h12-13H,4-11H2,1-3H3,(H2,16,17). The molecule has 2 N–H and O–H groups in total. The number of hydrogen-bond donors (Lipinski definition) is 1. The van der Waals surface area contributed by atoms with Crippen LogP contribution in [0.1, 0.15) is 40.0 Å². The Balaban J connectivity index is 1.84. The number of hydrogen-bond acceptors (Lipinski definition) is 3. The fourth-order valence-corrected chi connectivity index (χ4v) is 2.77. The van der Waals surface area contributed by atoms with Crippen molar-refractivity contribution in [1.29, 1.82) is 0 Å². The molecule has 2 atom stereocenters. The summed E-state index contributed by atoms with van der Waals surface area (Å²) in [5.41, 5.74) is 6.21. The molecule has 2 fully saturated rings. The predicted octanol–water partition coefficient (Wildman–Crippen LogP) is 1.62. The van der Waals surface area contributed by atoms with Crippen molar-refractivity contribution in [2.24, 2.45) is 16.1 Å². The lowest BCUT2D eigenvalue weighted by molar-refractivity contribution is -0.107. The smallest absolute Gasteiger partial charge is 0.191 e. The van der Waals surface area contributed by atoms with E-state index in [0.29, 0.717) is 12.1 Å².